The summed E-state index contributed by atoms with van der Waals surface area (Å²) in [5.41, 5.74) is 7.43. The summed E-state index contributed by atoms with van der Waals surface area (Å²) in [6.45, 7) is 13.3. The third-order valence-corrected chi connectivity index (χ3v) is 8.97. The maximum atomic E-state index is 11.2. The van der Waals surface area contributed by atoms with Gasteiger partial charge in [0.05, 0.1) is 5.56 Å². The van der Waals surface area contributed by atoms with Gasteiger partial charge in [-0.05, 0) is 89.6 Å². The van der Waals surface area contributed by atoms with Crippen LogP contribution in [-0.2, 0) is 16.6 Å². The van der Waals surface area contributed by atoms with Crippen LogP contribution in [0.15, 0.2) is 36.4 Å². The van der Waals surface area contributed by atoms with Crippen molar-refractivity contribution in [2.45, 2.75) is 76.4 Å². The maximum absolute atomic E-state index is 11.2. The Labute approximate surface area is 216 Å². The average molecular weight is 492 g/mol. The summed E-state index contributed by atoms with van der Waals surface area (Å²) in [7, 11) is 0. The van der Waals surface area contributed by atoms with Gasteiger partial charge >= 0.3 is 5.97 Å². The molecular formula is C31H41NO2S. The van der Waals surface area contributed by atoms with Gasteiger partial charge in [-0.1, -0.05) is 70.5 Å². The van der Waals surface area contributed by atoms with E-state index in [4.69, 9.17) is 0 Å². The van der Waals surface area contributed by atoms with Crippen molar-refractivity contribution in [1.82, 2.24) is 4.90 Å². The van der Waals surface area contributed by atoms with Crippen molar-refractivity contribution in [3.63, 3.8) is 0 Å². The van der Waals surface area contributed by atoms with Crippen molar-refractivity contribution in [2.75, 3.05) is 25.4 Å². The second kappa shape index (κ2) is 10.9. The topological polar surface area (TPSA) is 40.5 Å². The maximum Gasteiger partial charge on any atom is 0.335 e. The molecule has 2 aliphatic rings. The van der Waals surface area contributed by atoms with Gasteiger partial charge in [-0.25, -0.2) is 4.79 Å². The van der Waals surface area contributed by atoms with Gasteiger partial charge in [-0.3, -0.25) is 0 Å². The first kappa shape index (κ1) is 26.0. The van der Waals surface area contributed by atoms with Crippen molar-refractivity contribution in [2.24, 2.45) is 0 Å². The molecule has 1 aliphatic heterocycles. The Morgan fingerprint density at radius 2 is 1.57 bits per heavy atom. The van der Waals surface area contributed by atoms with Crippen LogP contribution in [0.5, 0.6) is 0 Å². The van der Waals surface area contributed by atoms with Gasteiger partial charge in [0.25, 0.3) is 0 Å². The first-order chi connectivity index (χ1) is 16.7. The molecule has 1 aliphatic carbocycles. The van der Waals surface area contributed by atoms with Crippen molar-refractivity contribution in [1.29, 1.82) is 0 Å². The van der Waals surface area contributed by atoms with E-state index >= 15 is 0 Å². The summed E-state index contributed by atoms with van der Waals surface area (Å²) in [6.07, 6.45) is 10.9. The molecule has 0 radical (unpaired) electrons. The summed E-state index contributed by atoms with van der Waals surface area (Å²) < 4.78 is 0. The van der Waals surface area contributed by atoms with E-state index in [1.807, 2.05) is 12.1 Å². The molecule has 2 aromatic carbocycles. The molecule has 188 valence electrons. The SMILES string of the molecule is CC1(C)CCC(C)(C)c2cc(CSCCN3CCCCC3)c(C=Cc3ccc(C(=O)O)cc3)cc21. The molecule has 0 amide bonds. The van der Waals surface area contributed by atoms with Crippen molar-refractivity contribution >= 4 is 29.9 Å². The Kier molecular flexibility index (Phi) is 8.12. The summed E-state index contributed by atoms with van der Waals surface area (Å²) in [4.78, 5) is 13.8. The van der Waals surface area contributed by atoms with Gasteiger partial charge < -0.3 is 10.0 Å². The van der Waals surface area contributed by atoms with Crippen molar-refractivity contribution < 1.29 is 9.90 Å². The Morgan fingerprint density at radius 3 is 2.20 bits per heavy atom. The van der Waals surface area contributed by atoms with Gasteiger partial charge in [0.1, 0.15) is 0 Å². The fraction of sp³-hybridized carbons (Fsp3) is 0.516. The molecule has 0 atom stereocenters. The van der Waals surface area contributed by atoms with Gasteiger partial charge in [0.2, 0.25) is 0 Å². The quantitative estimate of drug-likeness (QED) is 0.304. The van der Waals surface area contributed by atoms with E-state index in [1.54, 1.807) is 12.1 Å². The number of aromatic carboxylic acids is 1. The van der Waals surface area contributed by atoms with E-state index in [1.165, 1.54) is 79.7 Å². The molecule has 0 spiro atoms. The lowest BCUT2D eigenvalue weighted by Crippen LogP contribution is -2.34. The smallest absolute Gasteiger partial charge is 0.335 e. The zero-order valence-corrected chi connectivity index (χ0v) is 22.7. The predicted molar refractivity (Wildman–Crippen MR) is 151 cm³/mol. The van der Waals surface area contributed by atoms with Crippen molar-refractivity contribution in [3.05, 3.63) is 69.8 Å². The molecule has 0 unspecified atom stereocenters. The van der Waals surface area contributed by atoms with Crippen LogP contribution in [0.2, 0.25) is 0 Å². The molecular weight excluding hydrogens is 450 g/mol. The number of nitrogens with zero attached hydrogens (tertiary/aromatic N) is 1. The Hall–Kier alpha value is -2.04. The third kappa shape index (κ3) is 6.40. The Balaban J connectivity index is 1.58. The molecule has 35 heavy (non-hydrogen) atoms. The standard InChI is InChI=1S/C31H41NO2S/c1-30(2)14-15-31(3,4)28-21-26(22-35-19-18-32-16-6-5-7-17-32)25(20-27(28)30)13-10-23-8-11-24(12-9-23)29(33)34/h8-13,20-21H,5-7,14-19,22H2,1-4H3,(H,33,34). The minimum absolute atomic E-state index is 0.177. The summed E-state index contributed by atoms with van der Waals surface area (Å²) in [5, 5.41) is 9.19. The van der Waals surface area contributed by atoms with E-state index < -0.39 is 5.97 Å². The monoisotopic (exact) mass is 491 g/mol. The highest BCUT2D eigenvalue weighted by Crippen LogP contribution is 2.47. The zero-order valence-electron chi connectivity index (χ0n) is 21.9. The molecule has 1 fully saturated rings. The molecule has 4 rings (SSSR count). The van der Waals surface area contributed by atoms with E-state index in [9.17, 15) is 9.90 Å². The van der Waals surface area contributed by atoms with E-state index in [0.717, 1.165) is 11.3 Å². The molecule has 0 aromatic heterocycles. The van der Waals surface area contributed by atoms with Crippen LogP contribution in [0.3, 0.4) is 0 Å². The summed E-state index contributed by atoms with van der Waals surface area (Å²) in [6, 6.07) is 12.1. The summed E-state index contributed by atoms with van der Waals surface area (Å²) >= 11 is 2.05. The van der Waals surface area contributed by atoms with E-state index in [0.29, 0.717) is 5.56 Å². The second-order valence-corrected chi connectivity index (χ2v) is 12.7. The highest BCUT2D eigenvalue weighted by Gasteiger charge is 2.37. The summed E-state index contributed by atoms with van der Waals surface area (Å²) in [5.74, 6) is 1.31. The van der Waals surface area contributed by atoms with Crippen LogP contribution < -0.4 is 0 Å². The van der Waals surface area contributed by atoms with Gasteiger partial charge in [-0.15, -0.1) is 0 Å². The number of hydrogen-bond donors (Lipinski definition) is 1. The number of piperidine rings is 1. The van der Waals surface area contributed by atoms with E-state index in [2.05, 4.69) is 68.6 Å². The fourth-order valence-corrected chi connectivity index (χ4v) is 6.44. The van der Waals surface area contributed by atoms with Crippen LogP contribution in [0.25, 0.3) is 12.2 Å². The first-order valence-electron chi connectivity index (χ1n) is 13.2. The van der Waals surface area contributed by atoms with Crippen LogP contribution in [0.1, 0.15) is 98.0 Å². The minimum atomic E-state index is -0.885. The molecule has 4 heteroatoms. The highest BCUT2D eigenvalue weighted by atomic mass is 32.2. The van der Waals surface area contributed by atoms with Crippen LogP contribution in [0.4, 0.5) is 0 Å². The second-order valence-electron chi connectivity index (χ2n) is 11.6. The van der Waals surface area contributed by atoms with Crippen molar-refractivity contribution in [3.8, 4) is 0 Å². The predicted octanol–water partition coefficient (Wildman–Crippen LogP) is 7.62. The minimum Gasteiger partial charge on any atom is -0.478 e. The molecule has 3 nitrogen and oxygen atoms in total. The lowest BCUT2D eigenvalue weighted by atomic mass is 9.62. The number of thioether (sulfide) groups is 1. The van der Waals surface area contributed by atoms with Crippen LogP contribution in [-0.4, -0.2) is 41.4 Å². The number of hydrogen-bond acceptors (Lipinski definition) is 3. The lowest BCUT2D eigenvalue weighted by molar-refractivity contribution is 0.0697. The molecule has 2 aromatic rings. The Bertz CT molecular complexity index is 1060. The molecule has 0 bridgehead atoms. The molecule has 1 N–H and O–H groups in total. The van der Waals surface area contributed by atoms with Gasteiger partial charge in [-0.2, -0.15) is 11.8 Å². The lowest BCUT2D eigenvalue weighted by Gasteiger charge is -2.42. The third-order valence-electron chi connectivity index (χ3n) is 7.98. The first-order valence-corrected chi connectivity index (χ1v) is 14.3. The highest BCUT2D eigenvalue weighted by molar-refractivity contribution is 7.98. The largest absolute Gasteiger partial charge is 0.478 e. The van der Waals surface area contributed by atoms with E-state index in [-0.39, 0.29) is 10.8 Å². The number of fused-ring (bicyclic) bond motifs is 1. The normalized spacial score (nSPS) is 19.5. The molecule has 0 saturated carbocycles. The number of carbonyl (C=O) groups is 1. The molecule has 1 heterocycles. The van der Waals surface area contributed by atoms with Gasteiger partial charge in [0.15, 0.2) is 0 Å². The van der Waals surface area contributed by atoms with Crippen LogP contribution in [0, 0.1) is 0 Å². The Morgan fingerprint density at radius 1 is 0.943 bits per heavy atom. The number of benzene rings is 2. The van der Waals surface area contributed by atoms with Gasteiger partial charge in [0, 0.05) is 18.1 Å². The zero-order chi connectivity index (χ0) is 25.1. The number of carboxylic acid groups (broad SMARTS) is 1. The van der Waals surface area contributed by atoms with Crippen LogP contribution >= 0.6 is 11.8 Å². The number of rotatable bonds is 8. The fourth-order valence-electron chi connectivity index (χ4n) is 5.44. The average Bonchev–Trinajstić information content (AvgIpc) is 2.84. The number of likely N-dealkylation sites (tertiary alicyclic amines) is 1. The molecule has 1 saturated heterocycles. The number of carboxylic acids is 1.